The predicted molar refractivity (Wildman–Crippen MR) is 324 cm³/mol. The molecule has 4 unspecified atom stereocenters. The second-order valence-electron chi connectivity index (χ2n) is 26.6. The molecule has 5 fully saturated rings. The summed E-state index contributed by atoms with van der Waals surface area (Å²) in [7, 11) is 2.61. The van der Waals surface area contributed by atoms with Gasteiger partial charge in [-0.25, -0.2) is 27.7 Å². The number of hydrogen-bond acceptors (Lipinski definition) is 9. The van der Waals surface area contributed by atoms with Gasteiger partial charge in [0.25, 0.3) is 0 Å². The van der Waals surface area contributed by atoms with E-state index < -0.39 is 59.9 Å². The number of aliphatic imine (C=N–C) groups is 1. The van der Waals surface area contributed by atoms with Gasteiger partial charge in [0.05, 0.1) is 61.2 Å². The minimum Gasteiger partial charge on any atom is -0.453 e. The summed E-state index contributed by atoms with van der Waals surface area (Å²) in [6.07, 6.45) is 20.2. The Morgan fingerprint density at radius 2 is 1.33 bits per heavy atom. The molecule has 10 atom stereocenters. The van der Waals surface area contributed by atoms with Crippen LogP contribution in [0.15, 0.2) is 41.4 Å². The van der Waals surface area contributed by atoms with Crippen molar-refractivity contribution in [2.24, 2.45) is 34.6 Å². The highest BCUT2D eigenvalue weighted by atomic mass is 19.1. The Bertz CT molecular complexity index is 2970. The van der Waals surface area contributed by atoms with Crippen molar-refractivity contribution < 1.29 is 42.1 Å². The molecule has 3 aliphatic heterocycles. The predicted octanol–water partition coefficient (Wildman–Crippen LogP) is 15.6. The number of anilines is 1. The number of nitrogens with zero attached hydrogens (tertiary/aromatic N) is 4. The summed E-state index contributed by atoms with van der Waals surface area (Å²) < 4.78 is 62.0. The topological polar surface area (TPSA) is 161 Å². The van der Waals surface area contributed by atoms with Crippen LogP contribution < -0.4 is 15.5 Å². The number of benzene rings is 3. The van der Waals surface area contributed by atoms with Crippen LogP contribution in [0, 0.1) is 54.0 Å². The van der Waals surface area contributed by atoms with E-state index >= 15 is 13.2 Å². The van der Waals surface area contributed by atoms with Gasteiger partial charge in [-0.3, -0.25) is 9.79 Å². The third-order valence-corrected chi connectivity index (χ3v) is 20.7. The summed E-state index contributed by atoms with van der Waals surface area (Å²) >= 11 is 0. The van der Waals surface area contributed by atoms with E-state index in [-0.39, 0.29) is 47.1 Å². The highest BCUT2D eigenvalue weighted by Crippen LogP contribution is 2.52. The van der Waals surface area contributed by atoms with Gasteiger partial charge < -0.3 is 40.0 Å². The van der Waals surface area contributed by atoms with Crippen molar-refractivity contribution >= 4 is 46.2 Å². The summed E-state index contributed by atoms with van der Waals surface area (Å²) in [5.41, 5.74) is 6.94. The number of aromatic amines is 1. The quantitative estimate of drug-likeness (QED) is 0.0856. The highest BCUT2D eigenvalue weighted by Gasteiger charge is 2.42. The molecule has 10 rings (SSSR count). The summed E-state index contributed by atoms with van der Waals surface area (Å²) in [4.78, 5) is 57.1. The lowest BCUT2D eigenvalue weighted by Crippen LogP contribution is -2.53. The molecular weight excluding hydrogens is 1070 g/mol. The first-order valence-electron chi connectivity index (χ1n) is 32.4. The molecule has 1 aromatic heterocycles. The average molecular weight is 1160 g/mol. The first-order chi connectivity index (χ1) is 40.5. The van der Waals surface area contributed by atoms with E-state index in [0.29, 0.717) is 66.3 Å². The molecule has 3 saturated carbocycles. The minimum absolute atomic E-state index is 0.0435. The maximum atomic E-state index is 17.4. The number of carbonyl (C=O) groups is 3. The standard InChI is InChI=1S/C68H94F3N7O6/c1-39(2)63(75-67(81)83-6)61(79)33-45-22-12-9-13-24-48(45)65-73-56-37-50(51(69)38-57(56)74-65)59-30-29-58(78(59)47-34-52(70)62(53(71)35-47)44-21-15-14-20-43(27-28-44)42-18-10-8-11-19-42)49-36-55-46(32-41(49)5)23-16-25-54(72-55)60-26-17-31-77(60)66(80)64(40(3)4)76-68(82)84-7/h32,34-40,42-45,48,58-61,63-64,79H,8-31,33H2,1-7H3,(H,73,74)(H,75,81)(H,76,82)/t43?,44?,45?,48-,58-,59-,60+,61?,63+,64+/m1/s1. The zero-order valence-corrected chi connectivity index (χ0v) is 51.1. The molecule has 6 aliphatic rings. The number of amides is 3. The van der Waals surface area contributed by atoms with Crippen LogP contribution in [-0.2, 0) is 20.7 Å². The smallest absolute Gasteiger partial charge is 0.407 e. The van der Waals surface area contributed by atoms with Gasteiger partial charge in [0.15, 0.2) is 0 Å². The summed E-state index contributed by atoms with van der Waals surface area (Å²) in [5, 5.41) is 17.3. The lowest BCUT2D eigenvalue weighted by molar-refractivity contribution is -0.134. The maximum Gasteiger partial charge on any atom is 0.407 e. The number of fused-ring (bicyclic) bond motifs is 2. The number of rotatable bonds is 15. The van der Waals surface area contributed by atoms with Gasteiger partial charge in [0.1, 0.15) is 29.3 Å². The third-order valence-electron chi connectivity index (χ3n) is 20.7. The third kappa shape index (κ3) is 13.5. The molecule has 3 aliphatic carbocycles. The van der Waals surface area contributed by atoms with Gasteiger partial charge in [-0.1, -0.05) is 104 Å². The van der Waals surface area contributed by atoms with E-state index in [2.05, 4.69) is 39.6 Å². The number of nitrogens with one attached hydrogen (secondary N) is 3. The Kier molecular flexibility index (Phi) is 20.0. The van der Waals surface area contributed by atoms with Crippen LogP contribution in [0.4, 0.5) is 34.1 Å². The Balaban J connectivity index is 1.01. The lowest BCUT2D eigenvalue weighted by atomic mass is 9.72. The van der Waals surface area contributed by atoms with Crippen molar-refractivity contribution in [1.29, 1.82) is 0 Å². The number of carbonyl (C=O) groups excluding carboxylic acids is 3. The second kappa shape index (κ2) is 27.4. The fourth-order valence-corrected chi connectivity index (χ4v) is 16.2. The number of likely N-dealkylation sites (tertiary alicyclic amines) is 1. The highest BCUT2D eigenvalue weighted by molar-refractivity contribution is 5.97. The zero-order valence-electron chi connectivity index (χ0n) is 51.1. The molecule has 458 valence electrons. The van der Waals surface area contributed by atoms with Crippen LogP contribution in [0.2, 0.25) is 0 Å². The van der Waals surface area contributed by atoms with Crippen LogP contribution in [-0.4, -0.2) is 88.8 Å². The first kappa shape index (κ1) is 61.4. The molecule has 4 heterocycles. The molecule has 0 spiro atoms. The number of alkyl carbamates (subject to hydrolysis) is 2. The van der Waals surface area contributed by atoms with E-state index in [1.165, 1.54) is 70.9 Å². The number of hydrogen-bond donors (Lipinski definition) is 4. The zero-order chi connectivity index (χ0) is 59.3. The molecule has 3 aromatic carbocycles. The number of methoxy groups -OCH3 is 2. The normalized spacial score (nSPS) is 25.7. The van der Waals surface area contributed by atoms with Gasteiger partial charge >= 0.3 is 12.2 Å². The molecular formula is C68H94F3N7O6. The molecule has 0 bridgehead atoms. The maximum absolute atomic E-state index is 17.4. The van der Waals surface area contributed by atoms with Crippen molar-refractivity contribution in [3.8, 4) is 0 Å². The number of H-pyrrole nitrogens is 1. The van der Waals surface area contributed by atoms with Gasteiger partial charge in [-0.05, 0) is 167 Å². The van der Waals surface area contributed by atoms with Gasteiger partial charge in [-0.15, -0.1) is 0 Å². The van der Waals surface area contributed by atoms with Crippen LogP contribution in [0.5, 0.6) is 0 Å². The van der Waals surface area contributed by atoms with Crippen molar-refractivity contribution in [3.05, 3.63) is 87.5 Å². The lowest BCUT2D eigenvalue weighted by Gasteiger charge is -2.35. The van der Waals surface area contributed by atoms with Crippen molar-refractivity contribution in [3.63, 3.8) is 0 Å². The number of aromatic nitrogens is 2. The molecule has 16 heteroatoms. The second-order valence-corrected chi connectivity index (χ2v) is 26.6. The number of aryl methyl sites for hydroxylation is 2. The summed E-state index contributed by atoms with van der Waals surface area (Å²) in [5.74, 6) is -0.0766. The molecule has 3 amide bonds. The fraction of sp³-hybridized carbons (Fsp3) is 0.662. The Morgan fingerprint density at radius 3 is 2.04 bits per heavy atom. The number of aliphatic hydroxyl groups is 1. The van der Waals surface area contributed by atoms with E-state index in [9.17, 15) is 19.5 Å². The number of imidazole rings is 1. The first-order valence-corrected chi connectivity index (χ1v) is 32.4. The minimum atomic E-state index is -0.824. The SMILES string of the molecule is COC(=O)N[C@@H](C(C)C)C(O)CC1CCCCC[C@H]1c1nc2cc(F)c([C@H]3CC[C@H](c4cc5c(cc4C)CCCC([C@@H]4CCCN4C(=O)[C@@H](NC(=O)OC)C(C)C)=N5)N3c3cc(F)c(C4CCCCC(C5CCCCC5)CC4)c(F)c3)cc2[nH]1. The molecule has 84 heavy (non-hydrogen) atoms. The molecule has 2 saturated heterocycles. The molecule has 13 nitrogen and oxygen atoms in total. The van der Waals surface area contributed by atoms with Crippen molar-refractivity contribution in [2.45, 2.75) is 237 Å². The van der Waals surface area contributed by atoms with E-state index in [4.69, 9.17) is 19.5 Å². The van der Waals surface area contributed by atoms with Gasteiger partial charge in [0, 0.05) is 41.1 Å². The average Bonchev–Trinajstić information content (AvgIpc) is 3.71. The Morgan fingerprint density at radius 1 is 0.679 bits per heavy atom. The molecule has 0 radical (unpaired) electrons. The largest absolute Gasteiger partial charge is 0.453 e. The Labute approximate surface area is 496 Å². The van der Waals surface area contributed by atoms with Crippen LogP contribution in [0.3, 0.4) is 0 Å². The van der Waals surface area contributed by atoms with Gasteiger partial charge in [-0.2, -0.15) is 0 Å². The Hall–Kier alpha value is -5.64. The van der Waals surface area contributed by atoms with E-state index in [1.54, 1.807) is 0 Å². The molecule has 4 N–H and O–H groups in total. The van der Waals surface area contributed by atoms with Crippen LogP contribution in [0.1, 0.15) is 233 Å². The number of ether oxygens (including phenoxy) is 2. The molecule has 4 aromatic rings. The fourth-order valence-electron chi connectivity index (χ4n) is 16.2. The summed E-state index contributed by atoms with van der Waals surface area (Å²) in [6.45, 7) is 10.4. The van der Waals surface area contributed by atoms with Crippen LogP contribution in [0.25, 0.3) is 11.0 Å². The van der Waals surface area contributed by atoms with Gasteiger partial charge in [0.2, 0.25) is 5.91 Å². The van der Waals surface area contributed by atoms with Crippen molar-refractivity contribution in [1.82, 2.24) is 25.5 Å². The van der Waals surface area contributed by atoms with Crippen molar-refractivity contribution in [2.75, 3.05) is 25.7 Å². The summed E-state index contributed by atoms with van der Waals surface area (Å²) in [6, 6.07) is 8.24. The van der Waals surface area contributed by atoms with Crippen LogP contribution >= 0.6 is 0 Å². The van der Waals surface area contributed by atoms with E-state index in [0.717, 1.165) is 124 Å². The number of halogens is 3. The number of aliphatic hydroxyl groups excluding tert-OH is 1. The monoisotopic (exact) mass is 1160 g/mol. The van der Waals surface area contributed by atoms with E-state index in [1.807, 2.05) is 38.7 Å².